The maximum Gasteiger partial charge on any atom is 0.166 e. The number of aldehydes is 1. The number of carbonyl (C=O) groups excluding carboxylic acids is 1. The summed E-state index contributed by atoms with van der Waals surface area (Å²) in [5, 5.41) is 3.83. The Morgan fingerprint density at radius 2 is 2.00 bits per heavy atom. The second-order valence-electron chi connectivity index (χ2n) is 9.43. The Balaban J connectivity index is 0.000000231. The van der Waals surface area contributed by atoms with Gasteiger partial charge >= 0.3 is 0 Å². The van der Waals surface area contributed by atoms with Gasteiger partial charge in [0.1, 0.15) is 11.6 Å². The number of ether oxygens (including phenoxy) is 1. The molecule has 4 aromatic rings. The molecule has 0 atom stereocenters. The third-order valence-electron chi connectivity index (χ3n) is 6.93. The number of halogens is 1. The van der Waals surface area contributed by atoms with Crippen molar-refractivity contribution in [2.45, 2.75) is 31.3 Å². The van der Waals surface area contributed by atoms with E-state index in [-0.39, 0.29) is 5.82 Å². The number of nitrogens with two attached hydrogens (primary N) is 1. The lowest BCUT2D eigenvalue weighted by molar-refractivity contribution is 0.111. The molecule has 3 N–H and O–H groups in total. The van der Waals surface area contributed by atoms with Crippen LogP contribution in [0.1, 0.15) is 33.7 Å². The summed E-state index contributed by atoms with van der Waals surface area (Å²) in [6.45, 7) is 3.97. The van der Waals surface area contributed by atoms with Gasteiger partial charge in [0.2, 0.25) is 0 Å². The van der Waals surface area contributed by atoms with Gasteiger partial charge < -0.3 is 24.7 Å². The number of aromatic nitrogens is 2. The van der Waals surface area contributed by atoms with E-state index in [1.165, 1.54) is 6.07 Å². The van der Waals surface area contributed by atoms with Gasteiger partial charge in [0.15, 0.2) is 6.29 Å². The van der Waals surface area contributed by atoms with E-state index in [2.05, 4.69) is 14.6 Å². The van der Waals surface area contributed by atoms with Crippen molar-refractivity contribution >= 4 is 34.8 Å². The molecule has 0 aliphatic carbocycles. The number of nitrogens with one attached hydrogen (secondary N) is 1. The minimum atomic E-state index is -0.181. The Hall–Kier alpha value is -4.15. The molecule has 41 heavy (non-hydrogen) atoms. The number of rotatable bonds is 8. The lowest BCUT2D eigenvalue weighted by Gasteiger charge is -2.17. The van der Waals surface area contributed by atoms with Gasteiger partial charge in [0.05, 0.1) is 41.2 Å². The zero-order valence-electron chi connectivity index (χ0n) is 23.7. The van der Waals surface area contributed by atoms with Crippen LogP contribution in [-0.2, 0) is 20.1 Å². The first kappa shape index (κ1) is 29.8. The molecule has 214 valence electrons. The van der Waals surface area contributed by atoms with Gasteiger partial charge in [0, 0.05) is 55.6 Å². The first-order chi connectivity index (χ1) is 19.9. The molecule has 0 amide bonds. The number of methoxy groups -OCH3 is 1. The number of pyridine rings is 1. The summed E-state index contributed by atoms with van der Waals surface area (Å²) < 4.78 is 22.7. The topological polar surface area (TPSA) is 97.8 Å². The van der Waals surface area contributed by atoms with Crippen LogP contribution >= 0.6 is 11.9 Å². The summed E-state index contributed by atoms with van der Waals surface area (Å²) in [7, 11) is 5.36. The van der Waals surface area contributed by atoms with E-state index in [4.69, 9.17) is 15.5 Å². The van der Waals surface area contributed by atoms with Crippen molar-refractivity contribution in [3.8, 4) is 5.75 Å². The number of nitrogens with zero attached hydrogens (tertiary/aromatic N) is 4. The van der Waals surface area contributed by atoms with Crippen molar-refractivity contribution in [2.24, 2.45) is 17.8 Å². The molecule has 10 heteroatoms. The maximum absolute atomic E-state index is 13.4. The highest BCUT2D eigenvalue weighted by Gasteiger charge is 2.25. The molecule has 1 fully saturated rings. The summed E-state index contributed by atoms with van der Waals surface area (Å²) in [6, 6.07) is 16.7. The Morgan fingerprint density at radius 3 is 2.66 bits per heavy atom. The molecule has 1 aliphatic rings. The van der Waals surface area contributed by atoms with Gasteiger partial charge in [-0.05, 0) is 67.9 Å². The molecular formula is C31H35FN6O2S. The van der Waals surface area contributed by atoms with Crippen molar-refractivity contribution in [1.29, 1.82) is 0 Å². The Kier molecular flexibility index (Phi) is 10.2. The van der Waals surface area contributed by atoms with Gasteiger partial charge in [-0.1, -0.05) is 18.2 Å². The quantitative estimate of drug-likeness (QED) is 0.215. The molecule has 2 aromatic carbocycles. The fraction of sp³-hybridized carbons (Fsp3) is 0.258. The van der Waals surface area contributed by atoms with Crippen molar-refractivity contribution < 1.29 is 13.9 Å². The molecule has 0 spiro atoms. The molecule has 0 unspecified atom stereocenters. The van der Waals surface area contributed by atoms with Crippen LogP contribution in [0.4, 0.5) is 4.39 Å². The predicted octanol–water partition coefficient (Wildman–Crippen LogP) is 5.40. The molecular weight excluding hydrogens is 539 g/mol. The number of benzene rings is 2. The van der Waals surface area contributed by atoms with Gasteiger partial charge in [0.25, 0.3) is 0 Å². The van der Waals surface area contributed by atoms with Crippen molar-refractivity contribution in [3.63, 3.8) is 0 Å². The van der Waals surface area contributed by atoms with E-state index >= 15 is 0 Å². The van der Waals surface area contributed by atoms with Crippen LogP contribution in [0.2, 0.25) is 0 Å². The maximum atomic E-state index is 13.4. The number of carbonyl (C=O) groups is 1. The summed E-state index contributed by atoms with van der Waals surface area (Å²) in [5.74, 6) is 0.658. The third kappa shape index (κ3) is 6.96. The van der Waals surface area contributed by atoms with Gasteiger partial charge in [-0.2, -0.15) is 0 Å². The number of aliphatic imine (C=N–C) groups is 1. The van der Waals surface area contributed by atoms with Crippen LogP contribution < -0.4 is 15.8 Å². The summed E-state index contributed by atoms with van der Waals surface area (Å²) in [4.78, 5) is 21.1. The van der Waals surface area contributed by atoms with Crippen LogP contribution in [0.5, 0.6) is 5.75 Å². The predicted molar refractivity (Wildman–Crippen MR) is 164 cm³/mol. The smallest absolute Gasteiger partial charge is 0.166 e. The minimum Gasteiger partial charge on any atom is -0.497 e. The molecule has 5 rings (SSSR count). The highest BCUT2D eigenvalue weighted by molar-refractivity contribution is 7.97. The minimum absolute atomic E-state index is 0.181. The van der Waals surface area contributed by atoms with E-state index in [1.54, 1.807) is 44.6 Å². The van der Waals surface area contributed by atoms with E-state index in [0.29, 0.717) is 24.3 Å². The number of hydrogen-bond donors (Lipinski definition) is 2. The van der Waals surface area contributed by atoms with E-state index in [1.807, 2.05) is 61.0 Å². The standard InChI is InChI=1S/C20H24N4O2S.C11H11FN2/c1-14-20(10-16(13-25)23(14)2)27-24-9-8-18(19(24)11-21)22-12-15-4-6-17(26-3)7-5-15;1-13-7-9-8-3-2-6-14-11(8)5-4-10(9)12/h4-7,10-11,13H,8-9,12,21H2,1-3H3;2-6,13H,7H2,1H3/b19-11+,22-18?;. The number of hydrogen-bond acceptors (Lipinski definition) is 8. The molecule has 1 saturated heterocycles. The van der Waals surface area contributed by atoms with Gasteiger partial charge in [-0.25, -0.2) is 4.39 Å². The van der Waals surface area contributed by atoms with Crippen LogP contribution in [-0.4, -0.2) is 46.6 Å². The van der Waals surface area contributed by atoms with Crippen LogP contribution in [0.3, 0.4) is 0 Å². The van der Waals surface area contributed by atoms with Crippen LogP contribution in [0, 0.1) is 12.7 Å². The second kappa shape index (κ2) is 14.0. The molecule has 0 saturated carbocycles. The van der Waals surface area contributed by atoms with Crippen LogP contribution in [0.15, 0.2) is 82.6 Å². The monoisotopic (exact) mass is 574 g/mol. The highest BCUT2D eigenvalue weighted by Crippen LogP contribution is 2.35. The zero-order chi connectivity index (χ0) is 29.4. The van der Waals surface area contributed by atoms with Crippen LogP contribution in [0.25, 0.3) is 10.9 Å². The summed E-state index contributed by atoms with van der Waals surface area (Å²) in [6.07, 6.45) is 5.05. The van der Waals surface area contributed by atoms with E-state index in [0.717, 1.165) is 63.5 Å². The summed E-state index contributed by atoms with van der Waals surface area (Å²) >= 11 is 1.60. The van der Waals surface area contributed by atoms with Gasteiger partial charge in [-0.15, -0.1) is 0 Å². The fourth-order valence-electron chi connectivity index (χ4n) is 4.51. The molecule has 2 aromatic heterocycles. The fourth-order valence-corrected chi connectivity index (χ4v) is 5.64. The lowest BCUT2D eigenvalue weighted by atomic mass is 10.1. The normalized spacial score (nSPS) is 14.9. The van der Waals surface area contributed by atoms with E-state index < -0.39 is 0 Å². The molecule has 8 nitrogen and oxygen atoms in total. The Bertz CT molecular complexity index is 1570. The lowest BCUT2D eigenvalue weighted by Crippen LogP contribution is -2.12. The molecule has 0 radical (unpaired) electrons. The highest BCUT2D eigenvalue weighted by atomic mass is 32.2. The Labute approximate surface area is 244 Å². The average molecular weight is 575 g/mol. The zero-order valence-corrected chi connectivity index (χ0v) is 24.5. The average Bonchev–Trinajstić information content (AvgIpc) is 3.52. The van der Waals surface area contributed by atoms with E-state index in [9.17, 15) is 9.18 Å². The van der Waals surface area contributed by atoms with Crippen molar-refractivity contribution in [3.05, 3.63) is 101 Å². The molecule has 0 bridgehead atoms. The second-order valence-corrected chi connectivity index (χ2v) is 10.5. The molecule has 1 aliphatic heterocycles. The largest absolute Gasteiger partial charge is 0.497 e. The first-order valence-electron chi connectivity index (χ1n) is 13.2. The first-order valence-corrected chi connectivity index (χ1v) is 14.0. The number of fused-ring (bicyclic) bond motifs is 1. The van der Waals surface area contributed by atoms with Crippen molar-refractivity contribution in [1.82, 2.24) is 19.2 Å². The summed E-state index contributed by atoms with van der Waals surface area (Å²) in [5.41, 5.74) is 12.2. The molecule has 3 heterocycles. The SMILES string of the molecule is CNCc1c(F)ccc2ncccc12.COc1ccc(CN=C2CCN(Sc3cc(C=O)n(C)c3C)/C2=C/N)cc1. The van der Waals surface area contributed by atoms with Crippen molar-refractivity contribution in [2.75, 3.05) is 20.7 Å². The third-order valence-corrected chi connectivity index (χ3v) is 8.14. The number of allylic oxidation sites excluding steroid dienone is 1. The Morgan fingerprint density at radius 1 is 1.22 bits per heavy atom. The van der Waals surface area contributed by atoms with Gasteiger partial charge in [-0.3, -0.25) is 14.8 Å².